The molecular weight excluding hydrogens is 306 g/mol. The minimum absolute atomic E-state index is 0.235. The van der Waals surface area contributed by atoms with Gasteiger partial charge in [0.1, 0.15) is 0 Å². The smallest absolute Gasteiger partial charge is 0.409 e. The van der Waals surface area contributed by atoms with Gasteiger partial charge in [-0.15, -0.1) is 0 Å². The molecule has 3 heterocycles. The molecule has 128 valence electrons. The fourth-order valence-electron chi connectivity index (χ4n) is 3.07. The molecule has 3 rings (SSSR count). The van der Waals surface area contributed by atoms with Gasteiger partial charge in [0.05, 0.1) is 12.8 Å². The summed E-state index contributed by atoms with van der Waals surface area (Å²) in [4.78, 5) is 17.3. The number of nitrogens with zero attached hydrogens (tertiary/aromatic N) is 4. The molecule has 1 amide bonds. The first-order chi connectivity index (χ1) is 11.7. The number of hydrogen-bond donors (Lipinski definition) is 1. The second kappa shape index (κ2) is 7.44. The molecule has 0 bridgehead atoms. The molecule has 2 aromatic heterocycles. The standard InChI is InChI=1S/C17H23N5O2/c1-21-12-14(16(20-21)13-3-7-18-8-4-13)11-19-15-5-9-22(10-6-15)17(23)24-2/h3-4,7-8,12,15,19H,5-6,9-11H2,1-2H3. The zero-order valence-corrected chi connectivity index (χ0v) is 14.1. The van der Waals surface area contributed by atoms with Crippen LogP contribution in [0.25, 0.3) is 11.3 Å². The van der Waals surface area contributed by atoms with E-state index in [9.17, 15) is 4.79 Å². The molecule has 7 heteroatoms. The van der Waals surface area contributed by atoms with Gasteiger partial charge in [0.25, 0.3) is 0 Å². The fourth-order valence-corrected chi connectivity index (χ4v) is 3.07. The summed E-state index contributed by atoms with van der Waals surface area (Å²) in [6.45, 7) is 2.22. The Kier molecular flexibility index (Phi) is 5.10. The van der Waals surface area contributed by atoms with Crippen LogP contribution in [0.15, 0.2) is 30.7 Å². The number of methoxy groups -OCH3 is 1. The number of amides is 1. The van der Waals surface area contributed by atoms with Crippen molar-refractivity contribution in [2.75, 3.05) is 20.2 Å². The predicted octanol–water partition coefficient (Wildman–Crippen LogP) is 1.80. The molecule has 1 N–H and O–H groups in total. The van der Waals surface area contributed by atoms with Gasteiger partial charge in [0.2, 0.25) is 0 Å². The number of piperidine rings is 1. The van der Waals surface area contributed by atoms with Crippen molar-refractivity contribution in [3.8, 4) is 11.3 Å². The van der Waals surface area contributed by atoms with Crippen LogP contribution in [0.5, 0.6) is 0 Å². The Morgan fingerprint density at radius 3 is 2.71 bits per heavy atom. The van der Waals surface area contributed by atoms with Crippen molar-refractivity contribution in [1.82, 2.24) is 25.0 Å². The third kappa shape index (κ3) is 3.73. The maximum Gasteiger partial charge on any atom is 0.409 e. The highest BCUT2D eigenvalue weighted by Gasteiger charge is 2.23. The van der Waals surface area contributed by atoms with Crippen molar-refractivity contribution in [1.29, 1.82) is 0 Å². The highest BCUT2D eigenvalue weighted by molar-refractivity contribution is 5.67. The first-order valence-corrected chi connectivity index (χ1v) is 8.16. The largest absolute Gasteiger partial charge is 0.453 e. The third-order valence-electron chi connectivity index (χ3n) is 4.37. The number of ether oxygens (including phenoxy) is 1. The van der Waals surface area contributed by atoms with Gasteiger partial charge in [-0.25, -0.2) is 4.79 Å². The van der Waals surface area contributed by atoms with E-state index in [1.165, 1.54) is 12.7 Å². The van der Waals surface area contributed by atoms with Gasteiger partial charge in [-0.1, -0.05) is 0 Å². The average molecular weight is 329 g/mol. The Morgan fingerprint density at radius 1 is 1.33 bits per heavy atom. The molecule has 0 aliphatic carbocycles. The molecule has 2 aromatic rings. The minimum atomic E-state index is -0.235. The Hall–Kier alpha value is -2.41. The number of pyridine rings is 1. The first kappa shape index (κ1) is 16.4. The van der Waals surface area contributed by atoms with E-state index >= 15 is 0 Å². The van der Waals surface area contributed by atoms with Crippen LogP contribution in [0.4, 0.5) is 4.79 Å². The van der Waals surface area contributed by atoms with Crippen LogP contribution < -0.4 is 5.32 Å². The van der Waals surface area contributed by atoms with E-state index in [-0.39, 0.29) is 6.09 Å². The normalized spacial score (nSPS) is 15.5. The van der Waals surface area contributed by atoms with Crippen LogP contribution in [0.1, 0.15) is 18.4 Å². The SMILES string of the molecule is COC(=O)N1CCC(NCc2cn(C)nc2-c2ccncc2)CC1. The van der Waals surface area contributed by atoms with E-state index < -0.39 is 0 Å². The molecule has 24 heavy (non-hydrogen) atoms. The van der Waals surface area contributed by atoms with Crippen LogP contribution >= 0.6 is 0 Å². The lowest BCUT2D eigenvalue weighted by molar-refractivity contribution is 0.109. The van der Waals surface area contributed by atoms with Gasteiger partial charge in [0.15, 0.2) is 0 Å². The summed E-state index contributed by atoms with van der Waals surface area (Å²) in [6, 6.07) is 4.35. The van der Waals surface area contributed by atoms with Gasteiger partial charge in [-0.3, -0.25) is 9.67 Å². The van der Waals surface area contributed by atoms with Crippen molar-refractivity contribution < 1.29 is 9.53 Å². The zero-order chi connectivity index (χ0) is 16.9. The van der Waals surface area contributed by atoms with E-state index in [4.69, 9.17) is 4.74 Å². The molecule has 1 aliphatic heterocycles. The van der Waals surface area contributed by atoms with E-state index in [0.717, 1.165) is 43.7 Å². The monoisotopic (exact) mass is 329 g/mol. The van der Waals surface area contributed by atoms with Crippen molar-refractivity contribution in [3.63, 3.8) is 0 Å². The number of carbonyl (C=O) groups excluding carboxylic acids is 1. The number of aryl methyl sites for hydroxylation is 1. The highest BCUT2D eigenvalue weighted by atomic mass is 16.5. The van der Waals surface area contributed by atoms with E-state index in [2.05, 4.69) is 15.4 Å². The van der Waals surface area contributed by atoms with E-state index in [0.29, 0.717) is 6.04 Å². The summed E-state index contributed by atoms with van der Waals surface area (Å²) < 4.78 is 6.61. The molecular formula is C17H23N5O2. The van der Waals surface area contributed by atoms with Gasteiger partial charge in [0, 0.05) is 62.4 Å². The Morgan fingerprint density at radius 2 is 2.04 bits per heavy atom. The summed E-state index contributed by atoms with van der Waals surface area (Å²) in [7, 11) is 3.36. The Bertz CT molecular complexity index is 678. The van der Waals surface area contributed by atoms with Crippen molar-refractivity contribution in [2.45, 2.75) is 25.4 Å². The van der Waals surface area contributed by atoms with Crippen molar-refractivity contribution in [2.24, 2.45) is 7.05 Å². The average Bonchev–Trinajstić information content (AvgIpc) is 3.01. The number of hydrogen-bond acceptors (Lipinski definition) is 5. The van der Waals surface area contributed by atoms with Gasteiger partial charge < -0.3 is 15.0 Å². The number of aromatic nitrogens is 3. The van der Waals surface area contributed by atoms with Gasteiger partial charge in [-0.2, -0.15) is 5.10 Å². The molecule has 0 unspecified atom stereocenters. The van der Waals surface area contributed by atoms with Crippen LogP contribution in [0.3, 0.4) is 0 Å². The summed E-state index contributed by atoms with van der Waals surface area (Å²) in [6.07, 6.45) is 7.24. The molecule has 1 saturated heterocycles. The topological polar surface area (TPSA) is 72.3 Å². The van der Waals surface area contributed by atoms with Gasteiger partial charge >= 0.3 is 6.09 Å². The molecule has 0 aromatic carbocycles. The summed E-state index contributed by atoms with van der Waals surface area (Å²) in [5.41, 5.74) is 3.22. The lowest BCUT2D eigenvalue weighted by Crippen LogP contribution is -2.44. The molecule has 0 atom stereocenters. The van der Waals surface area contributed by atoms with Crippen LogP contribution in [0, 0.1) is 0 Å². The molecule has 7 nitrogen and oxygen atoms in total. The van der Waals surface area contributed by atoms with E-state index in [1.54, 1.807) is 17.3 Å². The van der Waals surface area contributed by atoms with Gasteiger partial charge in [-0.05, 0) is 25.0 Å². The minimum Gasteiger partial charge on any atom is -0.453 e. The van der Waals surface area contributed by atoms with Crippen molar-refractivity contribution in [3.05, 3.63) is 36.3 Å². The maximum atomic E-state index is 11.5. The number of carbonyl (C=O) groups is 1. The highest BCUT2D eigenvalue weighted by Crippen LogP contribution is 2.21. The molecule has 0 saturated carbocycles. The van der Waals surface area contributed by atoms with Crippen molar-refractivity contribution >= 4 is 6.09 Å². The second-order valence-electron chi connectivity index (χ2n) is 6.02. The van der Waals surface area contributed by atoms with Crippen LogP contribution in [-0.4, -0.2) is 52.0 Å². The van der Waals surface area contributed by atoms with Crippen LogP contribution in [0.2, 0.25) is 0 Å². The molecule has 0 spiro atoms. The number of likely N-dealkylation sites (tertiary alicyclic amines) is 1. The summed E-state index contributed by atoms with van der Waals surface area (Å²) >= 11 is 0. The molecule has 0 radical (unpaired) electrons. The first-order valence-electron chi connectivity index (χ1n) is 8.16. The van der Waals surface area contributed by atoms with E-state index in [1.807, 2.05) is 30.1 Å². The Labute approximate surface area is 141 Å². The molecule has 1 fully saturated rings. The van der Waals surface area contributed by atoms with Crippen LogP contribution in [-0.2, 0) is 18.3 Å². The quantitative estimate of drug-likeness (QED) is 0.926. The number of rotatable bonds is 4. The predicted molar refractivity (Wildman–Crippen MR) is 90.3 cm³/mol. The maximum absolute atomic E-state index is 11.5. The lowest BCUT2D eigenvalue weighted by Gasteiger charge is -2.31. The molecule has 1 aliphatic rings. The fraction of sp³-hybridized carbons (Fsp3) is 0.471. The third-order valence-corrected chi connectivity index (χ3v) is 4.37. The zero-order valence-electron chi connectivity index (χ0n) is 14.1. The summed E-state index contributed by atoms with van der Waals surface area (Å²) in [5.74, 6) is 0. The Balaban J connectivity index is 1.59. The second-order valence-corrected chi connectivity index (χ2v) is 6.02. The number of nitrogens with one attached hydrogen (secondary N) is 1. The summed E-state index contributed by atoms with van der Waals surface area (Å²) in [5, 5.41) is 8.16. The lowest BCUT2D eigenvalue weighted by atomic mass is 10.0.